The van der Waals surface area contributed by atoms with Crippen LogP contribution in [0.4, 0.5) is 13.2 Å². The summed E-state index contributed by atoms with van der Waals surface area (Å²) < 4.78 is 29.0. The minimum absolute atomic E-state index is 1.05. The molecule has 0 aromatic heterocycles. The maximum Gasteiger partial charge on any atom is 0.379 e. The second kappa shape index (κ2) is 5.74. The van der Waals surface area contributed by atoms with E-state index in [9.17, 15) is 13.2 Å². The van der Waals surface area contributed by atoms with E-state index >= 15 is 0 Å². The molecular weight excluding hydrogens is 169 g/mol. The molecule has 1 aliphatic rings. The van der Waals surface area contributed by atoms with E-state index in [-0.39, 0.29) is 0 Å². The van der Waals surface area contributed by atoms with Crippen LogP contribution in [0.5, 0.6) is 0 Å². The Bertz CT molecular complexity index is 136. The third-order valence-electron chi connectivity index (χ3n) is 1.34. The first-order valence-electron chi connectivity index (χ1n) is 3.61. The van der Waals surface area contributed by atoms with E-state index in [2.05, 4.69) is 36.2 Å². The zero-order valence-electron chi connectivity index (χ0n) is 7.17. The molecule has 12 heavy (non-hydrogen) atoms. The van der Waals surface area contributed by atoms with Crippen LogP contribution in [-0.4, -0.2) is 36.7 Å². The molecule has 5 heteroatoms. The molecule has 0 saturated carbocycles. The fourth-order valence-corrected chi connectivity index (χ4v) is 0.794. The molecule has 0 spiro atoms. The average Bonchev–Trinajstić information content (AvgIpc) is 2.34. The summed E-state index contributed by atoms with van der Waals surface area (Å²) in [6, 6.07) is 0. The standard InChI is InChI=1S/C6H12N2.CHF3/c1-3-8-5-4-7(2)6-8;2-1(3)4/h4-5H,3,6H2,1-2H3;1H. The Kier molecular flexibility index (Phi) is 5.32. The molecule has 0 amide bonds. The van der Waals surface area contributed by atoms with Gasteiger partial charge in [-0.15, -0.1) is 0 Å². The molecule has 1 rings (SSSR count). The van der Waals surface area contributed by atoms with Gasteiger partial charge in [0.05, 0.1) is 6.67 Å². The van der Waals surface area contributed by atoms with Crippen LogP contribution in [0.2, 0.25) is 0 Å². The second-order valence-electron chi connectivity index (χ2n) is 2.35. The molecular formula is C7H13F3N2. The lowest BCUT2D eigenvalue weighted by molar-refractivity contribution is 0.00819. The molecule has 0 aromatic rings. The number of nitrogens with zero attached hydrogens (tertiary/aromatic N) is 2. The summed E-state index contributed by atoms with van der Waals surface area (Å²) in [7, 11) is 2.08. The fraction of sp³-hybridized carbons (Fsp3) is 0.714. The fourth-order valence-electron chi connectivity index (χ4n) is 0.794. The van der Waals surface area contributed by atoms with Crippen molar-refractivity contribution in [2.45, 2.75) is 13.6 Å². The first-order chi connectivity index (χ1) is 5.56. The Balaban J connectivity index is 0.000000261. The molecule has 0 saturated heterocycles. The molecule has 0 N–H and O–H groups in total. The third-order valence-corrected chi connectivity index (χ3v) is 1.34. The van der Waals surface area contributed by atoms with Crippen LogP contribution in [-0.2, 0) is 0 Å². The van der Waals surface area contributed by atoms with E-state index < -0.39 is 6.68 Å². The van der Waals surface area contributed by atoms with Gasteiger partial charge in [0.25, 0.3) is 0 Å². The first kappa shape index (κ1) is 11.1. The second-order valence-corrected chi connectivity index (χ2v) is 2.35. The summed E-state index contributed by atoms with van der Waals surface area (Å²) in [4.78, 5) is 4.41. The van der Waals surface area contributed by atoms with Crippen LogP contribution in [0.1, 0.15) is 6.92 Å². The monoisotopic (exact) mass is 182 g/mol. The highest BCUT2D eigenvalue weighted by Gasteiger charge is 2.03. The molecule has 0 unspecified atom stereocenters. The number of halogens is 3. The van der Waals surface area contributed by atoms with Gasteiger partial charge in [-0.1, -0.05) is 0 Å². The summed E-state index contributed by atoms with van der Waals surface area (Å²) in [5.41, 5.74) is 0. The van der Waals surface area contributed by atoms with Crippen molar-refractivity contribution in [3.05, 3.63) is 12.4 Å². The minimum Gasteiger partial charge on any atom is -0.362 e. The molecule has 0 aromatic carbocycles. The lowest BCUT2D eigenvalue weighted by Gasteiger charge is -2.14. The number of hydrogen-bond donors (Lipinski definition) is 0. The zero-order valence-corrected chi connectivity index (χ0v) is 7.17. The summed E-state index contributed by atoms with van der Waals surface area (Å²) in [5.74, 6) is 0. The summed E-state index contributed by atoms with van der Waals surface area (Å²) in [5, 5.41) is 0. The maximum absolute atomic E-state index is 9.67. The molecule has 0 fully saturated rings. The van der Waals surface area contributed by atoms with Gasteiger partial charge in [-0.3, -0.25) is 0 Å². The molecule has 0 radical (unpaired) electrons. The van der Waals surface area contributed by atoms with Crippen molar-refractivity contribution in [2.24, 2.45) is 0 Å². The molecule has 0 aliphatic carbocycles. The van der Waals surface area contributed by atoms with Crippen LogP contribution in [0.3, 0.4) is 0 Å². The minimum atomic E-state index is -3.67. The van der Waals surface area contributed by atoms with E-state index in [1.165, 1.54) is 0 Å². The molecule has 0 bridgehead atoms. The van der Waals surface area contributed by atoms with Crippen molar-refractivity contribution in [1.29, 1.82) is 0 Å². The van der Waals surface area contributed by atoms with Crippen molar-refractivity contribution in [1.82, 2.24) is 9.80 Å². The summed E-state index contributed by atoms with van der Waals surface area (Å²) >= 11 is 0. The van der Waals surface area contributed by atoms with Crippen LogP contribution in [0.15, 0.2) is 12.4 Å². The quantitative estimate of drug-likeness (QED) is 0.610. The maximum atomic E-state index is 9.67. The van der Waals surface area contributed by atoms with E-state index in [0.717, 1.165) is 13.2 Å². The summed E-state index contributed by atoms with van der Waals surface area (Å²) in [6.45, 7) is 0.654. The number of alkyl halides is 3. The van der Waals surface area contributed by atoms with Gasteiger partial charge >= 0.3 is 6.68 Å². The molecule has 1 heterocycles. The Hall–Kier alpha value is -0.870. The van der Waals surface area contributed by atoms with Gasteiger partial charge in [-0.25, -0.2) is 0 Å². The van der Waals surface area contributed by atoms with Crippen LogP contribution in [0.25, 0.3) is 0 Å². The van der Waals surface area contributed by atoms with E-state index in [4.69, 9.17) is 0 Å². The van der Waals surface area contributed by atoms with Crippen molar-refractivity contribution in [3.63, 3.8) is 0 Å². The van der Waals surface area contributed by atoms with Gasteiger partial charge in [0.2, 0.25) is 0 Å². The van der Waals surface area contributed by atoms with Gasteiger partial charge in [0, 0.05) is 26.0 Å². The van der Waals surface area contributed by atoms with Gasteiger partial charge in [-0.05, 0) is 6.92 Å². The lowest BCUT2D eigenvalue weighted by atomic mass is 10.6. The largest absolute Gasteiger partial charge is 0.379 e. The topological polar surface area (TPSA) is 6.48 Å². The summed E-state index contributed by atoms with van der Waals surface area (Å²) in [6.07, 6.45) is 4.20. The van der Waals surface area contributed by atoms with Crippen LogP contribution < -0.4 is 0 Å². The normalized spacial score (nSPS) is 15.2. The van der Waals surface area contributed by atoms with Crippen LogP contribution in [0, 0.1) is 0 Å². The number of hydrogen-bond acceptors (Lipinski definition) is 2. The van der Waals surface area contributed by atoms with Gasteiger partial charge in [-0.2, -0.15) is 13.2 Å². The highest BCUT2D eigenvalue weighted by atomic mass is 19.4. The Labute approximate surface area is 70.3 Å². The lowest BCUT2D eigenvalue weighted by Crippen LogP contribution is -2.21. The molecule has 72 valence electrons. The highest BCUT2D eigenvalue weighted by molar-refractivity contribution is 4.87. The highest BCUT2D eigenvalue weighted by Crippen LogP contribution is 2.00. The van der Waals surface area contributed by atoms with E-state index in [0.29, 0.717) is 0 Å². The Morgan fingerprint density at radius 1 is 1.33 bits per heavy atom. The number of rotatable bonds is 1. The first-order valence-corrected chi connectivity index (χ1v) is 3.61. The van der Waals surface area contributed by atoms with Crippen molar-refractivity contribution >= 4 is 0 Å². The Morgan fingerprint density at radius 2 is 1.83 bits per heavy atom. The van der Waals surface area contributed by atoms with Crippen LogP contribution >= 0.6 is 0 Å². The van der Waals surface area contributed by atoms with Crippen molar-refractivity contribution < 1.29 is 13.2 Å². The zero-order chi connectivity index (χ0) is 9.56. The van der Waals surface area contributed by atoms with Gasteiger partial charge < -0.3 is 9.80 Å². The molecule has 0 atom stereocenters. The van der Waals surface area contributed by atoms with Gasteiger partial charge in [0.15, 0.2) is 0 Å². The Morgan fingerprint density at radius 3 is 2.00 bits per heavy atom. The van der Waals surface area contributed by atoms with E-state index in [1.54, 1.807) is 0 Å². The SMILES string of the molecule is CCN1C=CN(C)C1.FC(F)F. The van der Waals surface area contributed by atoms with Crippen molar-refractivity contribution in [3.8, 4) is 0 Å². The molecule has 1 aliphatic heterocycles. The third kappa shape index (κ3) is 5.88. The predicted octanol–water partition coefficient (Wildman–Crippen LogP) is 1.86. The smallest absolute Gasteiger partial charge is 0.362 e. The molecule has 2 nitrogen and oxygen atoms in total. The van der Waals surface area contributed by atoms with Crippen molar-refractivity contribution in [2.75, 3.05) is 20.3 Å². The average molecular weight is 182 g/mol. The van der Waals surface area contributed by atoms with E-state index in [1.807, 2.05) is 0 Å². The predicted molar refractivity (Wildman–Crippen MR) is 41.3 cm³/mol. The van der Waals surface area contributed by atoms with Gasteiger partial charge in [0.1, 0.15) is 0 Å².